The van der Waals surface area contributed by atoms with E-state index in [4.69, 9.17) is 0 Å². The van der Waals surface area contributed by atoms with Gasteiger partial charge in [0.05, 0.1) is 5.75 Å². The summed E-state index contributed by atoms with van der Waals surface area (Å²) in [5.41, 5.74) is 4.96. The number of sulfonamides is 1. The molecule has 0 aromatic heterocycles. The highest BCUT2D eigenvalue weighted by Crippen LogP contribution is 2.35. The Balaban J connectivity index is 1.43. The Morgan fingerprint density at radius 2 is 1.52 bits per heavy atom. The first-order valence-electron chi connectivity index (χ1n) is 11.8. The topological polar surface area (TPSA) is 47.1 Å². The van der Waals surface area contributed by atoms with Gasteiger partial charge >= 0.3 is 0 Å². The van der Waals surface area contributed by atoms with Gasteiger partial charge in [-0.1, -0.05) is 30.3 Å². The summed E-state index contributed by atoms with van der Waals surface area (Å²) in [4.78, 5) is 7.11. The average molecular weight is 465 g/mol. The van der Waals surface area contributed by atoms with Gasteiger partial charge < -0.3 is 14.7 Å². The van der Waals surface area contributed by atoms with E-state index in [-0.39, 0.29) is 5.75 Å². The van der Waals surface area contributed by atoms with Gasteiger partial charge in [-0.2, -0.15) is 4.31 Å². The van der Waals surface area contributed by atoms with Crippen molar-refractivity contribution in [1.82, 2.24) is 9.21 Å². The zero-order chi connectivity index (χ0) is 23.0. The van der Waals surface area contributed by atoms with Gasteiger partial charge in [0, 0.05) is 62.9 Å². The smallest absolute Gasteiger partial charge is 0.213 e. The molecule has 2 heterocycles. The first-order chi connectivity index (χ1) is 15.9. The van der Waals surface area contributed by atoms with Crippen LogP contribution in [0.15, 0.2) is 60.7 Å². The van der Waals surface area contributed by atoms with E-state index in [1.807, 2.05) is 0 Å². The molecule has 0 aliphatic carbocycles. The molecule has 1 fully saturated rings. The van der Waals surface area contributed by atoms with E-state index < -0.39 is 10.0 Å². The Kier molecular flexibility index (Phi) is 6.03. The summed E-state index contributed by atoms with van der Waals surface area (Å²) in [6.07, 6.45) is 0. The van der Waals surface area contributed by atoms with Crippen molar-refractivity contribution in [3.8, 4) is 0 Å². The fourth-order valence-corrected chi connectivity index (χ4v) is 6.02. The summed E-state index contributed by atoms with van der Waals surface area (Å²) in [5, 5.41) is 2.51. The standard InChI is InChI=1S/C26H32N4O2S/c1-3-33(31,32)29-15-13-28(14-16-29)24-10-11-26-23(19-24)20-27(2)12-17-30(26)25-9-8-21-6-4-5-7-22(21)18-25/h4-11,18-19H,3,12-17,20H2,1-2H3. The lowest BCUT2D eigenvalue weighted by molar-refractivity contribution is 0.343. The number of nitrogens with zero attached hydrogens (tertiary/aromatic N) is 4. The number of fused-ring (bicyclic) bond motifs is 2. The van der Waals surface area contributed by atoms with Crippen LogP contribution in [0.4, 0.5) is 17.1 Å². The van der Waals surface area contributed by atoms with Crippen LogP contribution in [0.5, 0.6) is 0 Å². The van der Waals surface area contributed by atoms with Gasteiger partial charge in [0.25, 0.3) is 0 Å². The van der Waals surface area contributed by atoms with Crippen molar-refractivity contribution >= 4 is 37.9 Å². The van der Waals surface area contributed by atoms with Crippen LogP contribution in [-0.4, -0.2) is 69.7 Å². The van der Waals surface area contributed by atoms with Gasteiger partial charge in [0.2, 0.25) is 10.0 Å². The first kappa shape index (κ1) is 22.2. The van der Waals surface area contributed by atoms with Gasteiger partial charge in [-0.25, -0.2) is 8.42 Å². The van der Waals surface area contributed by atoms with E-state index >= 15 is 0 Å². The van der Waals surface area contributed by atoms with Crippen LogP contribution in [0.2, 0.25) is 0 Å². The lowest BCUT2D eigenvalue weighted by Crippen LogP contribution is -2.49. The Labute approximate surface area is 197 Å². The van der Waals surface area contributed by atoms with Crippen molar-refractivity contribution in [2.24, 2.45) is 0 Å². The van der Waals surface area contributed by atoms with Crippen molar-refractivity contribution in [3.05, 3.63) is 66.2 Å². The second-order valence-electron chi connectivity index (χ2n) is 9.02. The highest BCUT2D eigenvalue weighted by Gasteiger charge is 2.27. The molecule has 0 N–H and O–H groups in total. The molecule has 0 radical (unpaired) electrons. The molecule has 2 aliphatic rings. The second kappa shape index (κ2) is 8.97. The van der Waals surface area contributed by atoms with Crippen LogP contribution in [0.25, 0.3) is 10.8 Å². The molecule has 174 valence electrons. The quantitative estimate of drug-likeness (QED) is 0.586. The minimum Gasteiger partial charge on any atom is -0.369 e. The predicted octanol–water partition coefficient (Wildman–Crippen LogP) is 3.90. The Morgan fingerprint density at radius 3 is 2.27 bits per heavy atom. The molecule has 7 heteroatoms. The molecule has 0 spiro atoms. The summed E-state index contributed by atoms with van der Waals surface area (Å²) < 4.78 is 26.1. The zero-order valence-corrected chi connectivity index (χ0v) is 20.3. The Morgan fingerprint density at radius 1 is 0.788 bits per heavy atom. The number of benzene rings is 3. The normalized spacial score (nSPS) is 18.4. The summed E-state index contributed by atoms with van der Waals surface area (Å²) >= 11 is 0. The average Bonchev–Trinajstić information content (AvgIpc) is 3.01. The molecule has 3 aromatic rings. The van der Waals surface area contributed by atoms with Crippen molar-refractivity contribution in [3.63, 3.8) is 0 Å². The predicted molar refractivity (Wildman–Crippen MR) is 137 cm³/mol. The molecule has 0 amide bonds. The van der Waals surface area contributed by atoms with E-state index in [0.29, 0.717) is 13.1 Å². The van der Waals surface area contributed by atoms with E-state index in [0.717, 1.165) is 32.7 Å². The van der Waals surface area contributed by atoms with Crippen LogP contribution < -0.4 is 9.80 Å². The molecule has 33 heavy (non-hydrogen) atoms. The largest absolute Gasteiger partial charge is 0.369 e. The van der Waals surface area contributed by atoms with Crippen LogP contribution in [0, 0.1) is 0 Å². The number of rotatable bonds is 4. The lowest BCUT2D eigenvalue weighted by Gasteiger charge is -2.36. The van der Waals surface area contributed by atoms with Gasteiger partial charge in [-0.05, 0) is 60.6 Å². The van der Waals surface area contributed by atoms with Crippen molar-refractivity contribution < 1.29 is 8.42 Å². The highest BCUT2D eigenvalue weighted by atomic mass is 32.2. The number of piperazine rings is 1. The summed E-state index contributed by atoms with van der Waals surface area (Å²) in [6.45, 7) is 7.10. The first-order valence-corrected chi connectivity index (χ1v) is 13.4. The molecule has 6 nitrogen and oxygen atoms in total. The summed E-state index contributed by atoms with van der Waals surface area (Å²) in [6, 6.07) is 21.9. The molecule has 1 saturated heterocycles. The molecule has 5 rings (SSSR count). The Hall–Kier alpha value is -2.61. The molecular formula is C26H32N4O2S. The number of likely N-dealkylation sites (N-methyl/N-ethyl adjacent to an activating group) is 1. The zero-order valence-electron chi connectivity index (χ0n) is 19.4. The van der Waals surface area contributed by atoms with Gasteiger partial charge in [-0.15, -0.1) is 0 Å². The van der Waals surface area contributed by atoms with E-state index in [1.54, 1.807) is 11.2 Å². The monoisotopic (exact) mass is 464 g/mol. The van der Waals surface area contributed by atoms with Crippen molar-refractivity contribution in [1.29, 1.82) is 0 Å². The van der Waals surface area contributed by atoms with Crippen molar-refractivity contribution in [2.75, 3.05) is 61.9 Å². The van der Waals surface area contributed by atoms with Crippen LogP contribution >= 0.6 is 0 Å². The minimum atomic E-state index is -3.11. The van der Waals surface area contributed by atoms with Crippen molar-refractivity contribution in [2.45, 2.75) is 13.5 Å². The maximum Gasteiger partial charge on any atom is 0.213 e. The Bertz CT molecular complexity index is 1250. The van der Waals surface area contributed by atoms with Gasteiger partial charge in [-0.3, -0.25) is 0 Å². The molecule has 2 aliphatic heterocycles. The minimum absolute atomic E-state index is 0.169. The number of anilines is 3. The maximum absolute atomic E-state index is 12.2. The van der Waals surface area contributed by atoms with Crippen LogP contribution in [0.3, 0.4) is 0 Å². The number of hydrogen-bond acceptors (Lipinski definition) is 5. The molecule has 3 aromatic carbocycles. The summed E-state index contributed by atoms with van der Waals surface area (Å²) in [5.74, 6) is 0.169. The number of hydrogen-bond donors (Lipinski definition) is 0. The van der Waals surface area contributed by atoms with Crippen LogP contribution in [-0.2, 0) is 16.6 Å². The van der Waals surface area contributed by atoms with E-state index in [1.165, 1.54) is 33.4 Å². The molecule has 0 bridgehead atoms. The van der Waals surface area contributed by atoms with Gasteiger partial charge in [0.1, 0.15) is 0 Å². The fraction of sp³-hybridized carbons (Fsp3) is 0.385. The molecule has 0 saturated carbocycles. The molecule has 0 atom stereocenters. The SMILES string of the molecule is CCS(=O)(=O)N1CCN(c2ccc3c(c2)CN(C)CCN3c2ccc3ccccc3c2)CC1. The van der Waals surface area contributed by atoms with E-state index in [9.17, 15) is 8.42 Å². The lowest BCUT2D eigenvalue weighted by atomic mass is 10.1. The summed E-state index contributed by atoms with van der Waals surface area (Å²) in [7, 11) is -0.938. The second-order valence-corrected chi connectivity index (χ2v) is 11.3. The third kappa shape index (κ3) is 4.45. The third-order valence-corrected chi connectivity index (χ3v) is 8.79. The molecule has 0 unspecified atom stereocenters. The highest BCUT2D eigenvalue weighted by molar-refractivity contribution is 7.89. The fourth-order valence-electron chi connectivity index (χ4n) is 4.94. The molecular weight excluding hydrogens is 432 g/mol. The van der Waals surface area contributed by atoms with Gasteiger partial charge in [0.15, 0.2) is 0 Å². The van der Waals surface area contributed by atoms with E-state index in [2.05, 4.69) is 82.4 Å². The third-order valence-electron chi connectivity index (χ3n) is 6.91. The maximum atomic E-state index is 12.2. The van der Waals surface area contributed by atoms with Crippen LogP contribution in [0.1, 0.15) is 12.5 Å².